The Bertz CT molecular complexity index is 780. The monoisotopic (exact) mass is 333 g/mol. The van der Waals surface area contributed by atoms with Gasteiger partial charge in [0.2, 0.25) is 0 Å². The number of hydrogen-bond donors (Lipinski definition) is 1. The van der Waals surface area contributed by atoms with Crippen LogP contribution in [0.4, 0.5) is 0 Å². The standard InChI is InChI=1S/C22H23NO2/c1-3-18-9-11-19(12-10-18)13-14-21(20-7-5-4-6-8-20)15-16-23(2)17-22(24)25/h4-12,15H,3,16-17H2,1-2H3,(H,24,25). The van der Waals surface area contributed by atoms with Crippen molar-refractivity contribution in [2.24, 2.45) is 0 Å². The van der Waals surface area contributed by atoms with E-state index in [9.17, 15) is 4.79 Å². The molecule has 128 valence electrons. The Hall–Kier alpha value is -2.83. The van der Waals surface area contributed by atoms with Crippen LogP contribution in [0.2, 0.25) is 0 Å². The lowest BCUT2D eigenvalue weighted by molar-refractivity contribution is -0.137. The average Bonchev–Trinajstić information content (AvgIpc) is 2.62. The molecule has 0 spiro atoms. The van der Waals surface area contributed by atoms with E-state index in [1.54, 1.807) is 11.9 Å². The van der Waals surface area contributed by atoms with Crippen LogP contribution < -0.4 is 0 Å². The predicted octanol–water partition coefficient (Wildman–Crippen LogP) is 3.70. The number of aryl methyl sites for hydroxylation is 1. The van der Waals surface area contributed by atoms with E-state index in [4.69, 9.17) is 5.11 Å². The van der Waals surface area contributed by atoms with Gasteiger partial charge in [-0.05, 0) is 36.7 Å². The minimum absolute atomic E-state index is 0.00444. The summed E-state index contributed by atoms with van der Waals surface area (Å²) in [6.07, 6.45) is 2.99. The van der Waals surface area contributed by atoms with Crippen LogP contribution in [0.5, 0.6) is 0 Å². The minimum atomic E-state index is -0.834. The Kier molecular flexibility index (Phi) is 7.00. The number of likely N-dealkylation sites (N-methyl/N-ethyl adjacent to an activating group) is 1. The summed E-state index contributed by atoms with van der Waals surface area (Å²) in [5, 5.41) is 8.87. The lowest BCUT2D eigenvalue weighted by atomic mass is 10.0. The summed E-state index contributed by atoms with van der Waals surface area (Å²) in [5.41, 5.74) is 4.19. The summed E-state index contributed by atoms with van der Waals surface area (Å²) >= 11 is 0. The van der Waals surface area contributed by atoms with Crippen LogP contribution >= 0.6 is 0 Å². The molecule has 0 atom stereocenters. The van der Waals surface area contributed by atoms with Crippen molar-refractivity contribution in [3.8, 4) is 11.8 Å². The van der Waals surface area contributed by atoms with E-state index in [0.717, 1.165) is 23.1 Å². The second kappa shape index (κ2) is 9.46. The molecule has 0 radical (unpaired) electrons. The normalized spacial score (nSPS) is 11.1. The lowest BCUT2D eigenvalue weighted by Gasteiger charge is -2.11. The van der Waals surface area contributed by atoms with Crippen molar-refractivity contribution in [1.29, 1.82) is 0 Å². The van der Waals surface area contributed by atoms with Gasteiger partial charge in [-0.3, -0.25) is 9.69 Å². The number of carboxylic acids is 1. The first-order valence-electron chi connectivity index (χ1n) is 8.35. The van der Waals surface area contributed by atoms with E-state index < -0.39 is 5.97 Å². The molecule has 3 nitrogen and oxygen atoms in total. The summed E-state index contributed by atoms with van der Waals surface area (Å²) < 4.78 is 0. The molecular formula is C22H23NO2. The molecule has 2 rings (SSSR count). The maximum absolute atomic E-state index is 10.8. The number of hydrogen-bond acceptors (Lipinski definition) is 2. The fourth-order valence-corrected chi connectivity index (χ4v) is 2.36. The van der Waals surface area contributed by atoms with Gasteiger partial charge in [-0.15, -0.1) is 0 Å². The van der Waals surface area contributed by atoms with Gasteiger partial charge in [0.25, 0.3) is 0 Å². The highest BCUT2D eigenvalue weighted by Crippen LogP contribution is 2.14. The predicted molar refractivity (Wildman–Crippen MR) is 102 cm³/mol. The Morgan fingerprint density at radius 3 is 2.40 bits per heavy atom. The summed E-state index contributed by atoms with van der Waals surface area (Å²) in [5.74, 6) is 5.61. The third kappa shape index (κ3) is 6.29. The van der Waals surface area contributed by atoms with E-state index in [0.29, 0.717) is 6.54 Å². The molecular weight excluding hydrogens is 310 g/mol. The molecule has 3 heteroatoms. The molecule has 0 aliphatic carbocycles. The van der Waals surface area contributed by atoms with Crippen LogP contribution in [0.3, 0.4) is 0 Å². The van der Waals surface area contributed by atoms with Gasteiger partial charge in [-0.25, -0.2) is 0 Å². The van der Waals surface area contributed by atoms with E-state index in [1.165, 1.54) is 5.56 Å². The molecule has 0 aliphatic rings. The van der Waals surface area contributed by atoms with Gasteiger partial charge < -0.3 is 5.11 Å². The number of nitrogens with zero attached hydrogens (tertiary/aromatic N) is 1. The van der Waals surface area contributed by atoms with Crippen LogP contribution in [0.1, 0.15) is 23.6 Å². The molecule has 2 aromatic rings. The second-order valence-corrected chi connectivity index (χ2v) is 5.87. The molecule has 0 aromatic heterocycles. The minimum Gasteiger partial charge on any atom is -0.480 e. The van der Waals surface area contributed by atoms with Gasteiger partial charge in [-0.1, -0.05) is 67.3 Å². The topological polar surface area (TPSA) is 40.5 Å². The van der Waals surface area contributed by atoms with Crippen molar-refractivity contribution in [2.75, 3.05) is 20.1 Å². The molecule has 2 aromatic carbocycles. The van der Waals surface area contributed by atoms with Crippen LogP contribution in [0.25, 0.3) is 5.57 Å². The highest BCUT2D eigenvalue weighted by molar-refractivity contribution is 5.79. The molecule has 25 heavy (non-hydrogen) atoms. The second-order valence-electron chi connectivity index (χ2n) is 5.87. The largest absolute Gasteiger partial charge is 0.480 e. The fraction of sp³-hybridized carbons (Fsp3) is 0.227. The quantitative estimate of drug-likeness (QED) is 0.820. The van der Waals surface area contributed by atoms with Gasteiger partial charge in [-0.2, -0.15) is 0 Å². The third-order valence-electron chi connectivity index (χ3n) is 3.80. The zero-order valence-corrected chi connectivity index (χ0v) is 14.7. The van der Waals surface area contributed by atoms with E-state index in [2.05, 4.69) is 30.9 Å². The SMILES string of the molecule is CCc1ccc(C#CC(=CCN(C)CC(=O)O)c2ccccc2)cc1. The van der Waals surface area contributed by atoms with Gasteiger partial charge in [0, 0.05) is 17.7 Å². The van der Waals surface area contributed by atoms with Crippen molar-refractivity contribution in [3.05, 3.63) is 77.4 Å². The lowest BCUT2D eigenvalue weighted by Crippen LogP contribution is -2.25. The van der Waals surface area contributed by atoms with Crippen molar-refractivity contribution >= 4 is 11.5 Å². The average molecular weight is 333 g/mol. The third-order valence-corrected chi connectivity index (χ3v) is 3.80. The van der Waals surface area contributed by atoms with Crippen molar-refractivity contribution < 1.29 is 9.90 Å². The first-order valence-corrected chi connectivity index (χ1v) is 8.35. The Labute approximate surface area is 149 Å². The summed E-state index contributed by atoms with van der Waals surface area (Å²) in [7, 11) is 1.78. The van der Waals surface area contributed by atoms with Gasteiger partial charge >= 0.3 is 5.97 Å². The first kappa shape index (κ1) is 18.5. The number of aliphatic carboxylic acids is 1. The van der Waals surface area contributed by atoms with Crippen LogP contribution in [-0.4, -0.2) is 36.1 Å². The molecule has 0 fully saturated rings. The van der Waals surface area contributed by atoms with E-state index in [-0.39, 0.29) is 6.54 Å². The zero-order valence-electron chi connectivity index (χ0n) is 14.7. The zero-order chi connectivity index (χ0) is 18.1. The number of allylic oxidation sites excluding steroid dienone is 1. The molecule has 0 amide bonds. The Balaban J connectivity index is 2.23. The highest BCUT2D eigenvalue weighted by atomic mass is 16.4. The van der Waals surface area contributed by atoms with Crippen molar-refractivity contribution in [3.63, 3.8) is 0 Å². The van der Waals surface area contributed by atoms with Gasteiger partial charge in [0.15, 0.2) is 0 Å². The highest BCUT2D eigenvalue weighted by Gasteiger charge is 2.03. The van der Waals surface area contributed by atoms with E-state index in [1.807, 2.05) is 48.5 Å². The van der Waals surface area contributed by atoms with Crippen LogP contribution in [-0.2, 0) is 11.2 Å². The summed E-state index contributed by atoms with van der Waals surface area (Å²) in [4.78, 5) is 12.5. The van der Waals surface area contributed by atoms with Crippen LogP contribution in [0.15, 0.2) is 60.7 Å². The van der Waals surface area contributed by atoms with Gasteiger partial charge in [0.05, 0.1) is 6.54 Å². The molecule has 0 saturated carbocycles. The Morgan fingerprint density at radius 1 is 1.12 bits per heavy atom. The molecule has 0 saturated heterocycles. The number of rotatable bonds is 6. The van der Waals surface area contributed by atoms with Gasteiger partial charge in [0.1, 0.15) is 0 Å². The fourth-order valence-electron chi connectivity index (χ4n) is 2.36. The summed E-state index contributed by atoms with van der Waals surface area (Å²) in [6.45, 7) is 2.66. The molecule has 0 unspecified atom stereocenters. The summed E-state index contributed by atoms with van der Waals surface area (Å²) in [6, 6.07) is 18.2. The van der Waals surface area contributed by atoms with Crippen molar-refractivity contribution in [1.82, 2.24) is 4.90 Å². The van der Waals surface area contributed by atoms with E-state index >= 15 is 0 Å². The Morgan fingerprint density at radius 2 is 1.80 bits per heavy atom. The number of benzene rings is 2. The smallest absolute Gasteiger partial charge is 0.317 e. The maximum Gasteiger partial charge on any atom is 0.317 e. The van der Waals surface area contributed by atoms with Crippen LogP contribution in [0, 0.1) is 11.8 Å². The first-order chi connectivity index (χ1) is 12.1. The number of carboxylic acid groups (broad SMARTS) is 1. The molecule has 1 N–H and O–H groups in total. The molecule has 0 bridgehead atoms. The molecule has 0 heterocycles. The maximum atomic E-state index is 10.8. The number of carbonyl (C=O) groups is 1. The van der Waals surface area contributed by atoms with Crippen molar-refractivity contribution in [2.45, 2.75) is 13.3 Å². The molecule has 0 aliphatic heterocycles.